The van der Waals surface area contributed by atoms with Crippen LogP contribution < -0.4 is 5.32 Å². The summed E-state index contributed by atoms with van der Waals surface area (Å²) < 4.78 is 12.7. The number of hydrogen-bond acceptors (Lipinski definition) is 3. The maximum absolute atomic E-state index is 12.7. The zero-order valence-electron chi connectivity index (χ0n) is 9.93. The second-order valence-electron chi connectivity index (χ2n) is 4.42. The number of thioether (sulfide) groups is 1. The second-order valence-corrected chi connectivity index (χ2v) is 5.59. The molecule has 1 aromatic carbocycles. The summed E-state index contributed by atoms with van der Waals surface area (Å²) >= 11 is 1.55. The molecule has 0 amide bonds. The van der Waals surface area contributed by atoms with Gasteiger partial charge in [-0.25, -0.2) is 4.39 Å². The minimum atomic E-state index is -0.790. The molecule has 2 N–H and O–H groups in total. The van der Waals surface area contributed by atoms with Crippen molar-refractivity contribution in [3.63, 3.8) is 0 Å². The Bertz CT molecular complexity index is 406. The van der Waals surface area contributed by atoms with Crippen molar-refractivity contribution in [3.8, 4) is 0 Å². The topological polar surface area (TPSA) is 49.3 Å². The minimum absolute atomic E-state index is 0.252. The van der Waals surface area contributed by atoms with E-state index in [9.17, 15) is 9.18 Å². The Hall–Kier alpha value is -1.07. The van der Waals surface area contributed by atoms with Crippen molar-refractivity contribution in [2.24, 2.45) is 0 Å². The first-order chi connectivity index (χ1) is 8.65. The summed E-state index contributed by atoms with van der Waals surface area (Å²) in [7, 11) is 0. The summed E-state index contributed by atoms with van der Waals surface area (Å²) in [6, 6.07) is 6.18. The van der Waals surface area contributed by atoms with Gasteiger partial charge in [-0.15, -0.1) is 11.8 Å². The molecule has 3 nitrogen and oxygen atoms in total. The lowest BCUT2D eigenvalue weighted by Gasteiger charge is -2.13. The van der Waals surface area contributed by atoms with Crippen LogP contribution in [0.5, 0.6) is 0 Å². The van der Waals surface area contributed by atoms with Crippen LogP contribution in [0.3, 0.4) is 0 Å². The summed E-state index contributed by atoms with van der Waals surface area (Å²) in [6.45, 7) is 0. The zero-order chi connectivity index (χ0) is 13.0. The second kappa shape index (κ2) is 6.20. The first-order valence-electron chi connectivity index (χ1n) is 6.02. The number of carboxylic acid groups (broad SMARTS) is 1. The van der Waals surface area contributed by atoms with E-state index < -0.39 is 12.0 Å². The first-order valence-corrected chi connectivity index (χ1v) is 7.01. The van der Waals surface area contributed by atoms with E-state index in [-0.39, 0.29) is 5.82 Å². The molecule has 0 aliphatic heterocycles. The van der Waals surface area contributed by atoms with E-state index >= 15 is 0 Å². The highest BCUT2D eigenvalue weighted by Crippen LogP contribution is 2.22. The molecule has 1 aromatic rings. The van der Waals surface area contributed by atoms with E-state index in [0.717, 1.165) is 17.7 Å². The van der Waals surface area contributed by atoms with Gasteiger partial charge in [0.1, 0.15) is 11.9 Å². The van der Waals surface area contributed by atoms with Gasteiger partial charge in [0, 0.05) is 16.7 Å². The van der Waals surface area contributed by atoms with Crippen LogP contribution in [0.25, 0.3) is 0 Å². The Morgan fingerprint density at radius 1 is 1.44 bits per heavy atom. The van der Waals surface area contributed by atoms with Crippen LogP contribution in [0, 0.1) is 5.82 Å². The van der Waals surface area contributed by atoms with Gasteiger partial charge in [-0.1, -0.05) is 0 Å². The van der Waals surface area contributed by atoms with Gasteiger partial charge in [0.25, 0.3) is 0 Å². The van der Waals surface area contributed by atoms with Gasteiger partial charge in [-0.3, -0.25) is 4.79 Å². The third-order valence-electron chi connectivity index (χ3n) is 2.80. The van der Waals surface area contributed by atoms with Crippen molar-refractivity contribution >= 4 is 17.7 Å². The summed E-state index contributed by atoms with van der Waals surface area (Å²) in [6.07, 6.45) is 2.73. The molecule has 1 atom stereocenters. The summed E-state index contributed by atoms with van der Waals surface area (Å²) in [5.74, 6) is -0.331. The predicted octanol–water partition coefficient (Wildman–Crippen LogP) is 2.51. The fourth-order valence-corrected chi connectivity index (χ4v) is 2.56. The van der Waals surface area contributed by atoms with Crippen molar-refractivity contribution in [1.29, 1.82) is 0 Å². The van der Waals surface area contributed by atoms with Gasteiger partial charge in [-0.05, 0) is 43.5 Å². The third-order valence-corrected chi connectivity index (χ3v) is 3.85. The number of aliphatic carboxylic acids is 1. The molecular formula is C13H16FNO2S. The van der Waals surface area contributed by atoms with E-state index in [2.05, 4.69) is 5.32 Å². The predicted molar refractivity (Wildman–Crippen MR) is 69.3 cm³/mol. The molecule has 2 rings (SSSR count). The van der Waals surface area contributed by atoms with Gasteiger partial charge in [0.2, 0.25) is 0 Å². The van der Waals surface area contributed by atoms with E-state index in [0.29, 0.717) is 18.2 Å². The van der Waals surface area contributed by atoms with Crippen molar-refractivity contribution in [2.45, 2.75) is 36.2 Å². The normalized spacial score (nSPS) is 16.5. The SMILES string of the molecule is O=C(O)C(CCSc1ccc(F)cc1)NC1CC1. The number of nitrogens with one attached hydrogen (secondary N) is 1. The first kappa shape index (κ1) is 13.4. The number of carboxylic acids is 1. The van der Waals surface area contributed by atoms with E-state index in [4.69, 9.17) is 5.11 Å². The fraction of sp³-hybridized carbons (Fsp3) is 0.462. The molecule has 18 heavy (non-hydrogen) atoms. The Labute approximate surface area is 110 Å². The molecule has 1 saturated carbocycles. The van der Waals surface area contributed by atoms with Crippen LogP contribution >= 0.6 is 11.8 Å². The number of halogens is 1. The summed E-state index contributed by atoms with van der Waals surface area (Å²) in [4.78, 5) is 12.0. The van der Waals surface area contributed by atoms with Crippen LogP contribution in [0.2, 0.25) is 0 Å². The van der Waals surface area contributed by atoms with Crippen molar-refractivity contribution in [2.75, 3.05) is 5.75 Å². The molecule has 0 saturated heterocycles. The average molecular weight is 269 g/mol. The molecule has 0 heterocycles. The molecule has 5 heteroatoms. The smallest absolute Gasteiger partial charge is 0.320 e. The Balaban J connectivity index is 1.75. The van der Waals surface area contributed by atoms with E-state index in [1.807, 2.05) is 0 Å². The van der Waals surface area contributed by atoms with Gasteiger partial charge < -0.3 is 10.4 Å². The highest BCUT2D eigenvalue weighted by Gasteiger charge is 2.27. The molecule has 1 aliphatic rings. The molecule has 0 aromatic heterocycles. The third kappa shape index (κ3) is 4.31. The quantitative estimate of drug-likeness (QED) is 0.747. The highest BCUT2D eigenvalue weighted by atomic mass is 32.2. The molecule has 1 unspecified atom stereocenters. The number of rotatable bonds is 7. The van der Waals surface area contributed by atoms with Gasteiger partial charge >= 0.3 is 5.97 Å². The van der Waals surface area contributed by atoms with Gasteiger partial charge in [-0.2, -0.15) is 0 Å². The number of hydrogen-bond donors (Lipinski definition) is 2. The van der Waals surface area contributed by atoms with E-state index in [1.54, 1.807) is 23.9 Å². The molecule has 1 aliphatic carbocycles. The lowest BCUT2D eigenvalue weighted by molar-refractivity contribution is -0.139. The highest BCUT2D eigenvalue weighted by molar-refractivity contribution is 7.99. The Morgan fingerprint density at radius 3 is 2.67 bits per heavy atom. The molecule has 0 spiro atoms. The number of benzene rings is 1. The fourth-order valence-electron chi connectivity index (χ4n) is 1.64. The van der Waals surface area contributed by atoms with Crippen LogP contribution in [0.1, 0.15) is 19.3 Å². The van der Waals surface area contributed by atoms with E-state index in [1.165, 1.54) is 12.1 Å². The molecule has 1 fully saturated rings. The Morgan fingerprint density at radius 2 is 2.11 bits per heavy atom. The van der Waals surface area contributed by atoms with Crippen molar-refractivity contribution in [3.05, 3.63) is 30.1 Å². The minimum Gasteiger partial charge on any atom is -0.480 e. The summed E-state index contributed by atoms with van der Waals surface area (Å²) in [5, 5.41) is 12.2. The van der Waals surface area contributed by atoms with Gasteiger partial charge in [0.15, 0.2) is 0 Å². The lowest BCUT2D eigenvalue weighted by atomic mass is 10.2. The van der Waals surface area contributed by atoms with Crippen LogP contribution in [0.4, 0.5) is 4.39 Å². The molecular weight excluding hydrogens is 253 g/mol. The van der Waals surface area contributed by atoms with Crippen LogP contribution in [0.15, 0.2) is 29.2 Å². The molecule has 98 valence electrons. The van der Waals surface area contributed by atoms with Gasteiger partial charge in [0.05, 0.1) is 0 Å². The maximum atomic E-state index is 12.7. The maximum Gasteiger partial charge on any atom is 0.320 e. The molecule has 0 bridgehead atoms. The van der Waals surface area contributed by atoms with Crippen LogP contribution in [-0.2, 0) is 4.79 Å². The average Bonchev–Trinajstić information content (AvgIpc) is 3.14. The Kier molecular flexibility index (Phi) is 4.60. The largest absolute Gasteiger partial charge is 0.480 e. The van der Waals surface area contributed by atoms with Crippen LogP contribution in [-0.4, -0.2) is 28.9 Å². The lowest BCUT2D eigenvalue weighted by Crippen LogP contribution is -2.38. The number of carbonyl (C=O) groups is 1. The monoisotopic (exact) mass is 269 g/mol. The molecule has 0 radical (unpaired) electrons. The van der Waals surface area contributed by atoms with Crippen molar-refractivity contribution < 1.29 is 14.3 Å². The van der Waals surface area contributed by atoms with Crippen molar-refractivity contribution in [1.82, 2.24) is 5.32 Å². The zero-order valence-corrected chi connectivity index (χ0v) is 10.8. The standard InChI is InChI=1S/C13H16FNO2S/c14-9-1-5-11(6-2-9)18-8-7-12(13(16)17)15-10-3-4-10/h1-2,5-6,10,12,15H,3-4,7-8H2,(H,16,17). The summed E-state index contributed by atoms with van der Waals surface area (Å²) in [5.41, 5.74) is 0.